The molecule has 33 nitrogen and oxygen atoms in total. The van der Waals surface area contributed by atoms with Gasteiger partial charge in [-0.15, -0.1) is 0 Å². The molecule has 6 rings (SSSR count). The average Bonchev–Trinajstić information content (AvgIpc) is 3.46. The Labute approximate surface area is 459 Å². The fourth-order valence-corrected chi connectivity index (χ4v) is 10.8. The van der Waals surface area contributed by atoms with E-state index in [2.05, 4.69) is 0 Å². The van der Waals surface area contributed by atoms with E-state index in [1.165, 1.54) is 35.4 Å². The molecule has 0 spiro atoms. The second-order valence-electron chi connectivity index (χ2n) is 20.4. The lowest BCUT2D eigenvalue weighted by Gasteiger charge is -2.49. The molecule has 6 heterocycles. The smallest absolute Gasteiger partial charge is 0.187 e. The molecule has 6 aliphatic heterocycles. The molecule has 32 atom stereocenters. The average molecular weight is 1180 g/mol. The van der Waals surface area contributed by atoms with Crippen LogP contribution in [-0.2, 0) is 75.8 Å². The summed E-state index contributed by atoms with van der Waals surface area (Å²) in [5.41, 5.74) is 0. The molecule has 470 valence electrons. The molecular formula is C47H84O33. The standard InChI is InChI=1S/C47H84O33/c1-16-36(70-14-17(53)8-18-19(9-48)73-43(67-4)30(59)26(18)55)34(63)40(22(12-51)72-16)79-46-33(62)29(58)41(24(77-46)15-71-45-32(61)27(56)37(65-2)20(10-49)75-45)80-47-42(35(64)38(66-3)21(11-50)76-47)69-7-6-25(54)78-39-23(13-52)74-44(68-5)31(60)28(39)57/h16-64H,6-15H2,1-5H3. The first kappa shape index (κ1) is 67.8. The predicted molar refractivity (Wildman–Crippen MR) is 254 cm³/mol. The minimum atomic E-state index is -2.15. The predicted octanol–water partition coefficient (Wildman–Crippen LogP) is -10.7. The highest BCUT2D eigenvalue weighted by atomic mass is 16.8. The van der Waals surface area contributed by atoms with Crippen molar-refractivity contribution in [2.24, 2.45) is 5.92 Å². The summed E-state index contributed by atoms with van der Waals surface area (Å²) < 4.78 is 91.0. The van der Waals surface area contributed by atoms with Crippen LogP contribution in [0.4, 0.5) is 0 Å². The van der Waals surface area contributed by atoms with Crippen LogP contribution in [-0.4, -0.2) is 358 Å². The minimum Gasteiger partial charge on any atom is -0.394 e. The van der Waals surface area contributed by atoms with Crippen molar-refractivity contribution in [3.63, 3.8) is 0 Å². The second kappa shape index (κ2) is 31.4. The normalized spacial score (nSPS) is 47.5. The molecule has 0 saturated carbocycles. The largest absolute Gasteiger partial charge is 0.394 e. The quantitative estimate of drug-likeness (QED) is 0.0340. The van der Waals surface area contributed by atoms with Crippen molar-refractivity contribution in [1.82, 2.24) is 0 Å². The molecule has 0 radical (unpaired) electrons. The summed E-state index contributed by atoms with van der Waals surface area (Å²) in [6.45, 7) is -3.98. The number of ether oxygens (including phenoxy) is 16. The van der Waals surface area contributed by atoms with E-state index in [1.807, 2.05) is 0 Å². The van der Waals surface area contributed by atoms with Gasteiger partial charge in [0.05, 0.1) is 77.3 Å². The van der Waals surface area contributed by atoms with Crippen LogP contribution in [0.1, 0.15) is 19.8 Å². The molecule has 17 N–H and O–H groups in total. The molecule has 0 bridgehead atoms. The summed E-state index contributed by atoms with van der Waals surface area (Å²) in [4.78, 5) is 0. The molecule has 0 aliphatic carbocycles. The zero-order valence-electron chi connectivity index (χ0n) is 44.7. The first-order valence-corrected chi connectivity index (χ1v) is 26.2. The highest BCUT2D eigenvalue weighted by Gasteiger charge is 2.56. The molecule has 33 heteroatoms. The van der Waals surface area contributed by atoms with Gasteiger partial charge in [0.2, 0.25) is 0 Å². The van der Waals surface area contributed by atoms with Gasteiger partial charge in [-0.05, 0) is 13.3 Å². The zero-order chi connectivity index (χ0) is 58.9. The fraction of sp³-hybridized carbons (Fsp3) is 1.00. The third-order valence-electron chi connectivity index (χ3n) is 15.2. The summed E-state index contributed by atoms with van der Waals surface area (Å²) in [5.74, 6) is -1.01. The molecule has 0 aromatic heterocycles. The highest BCUT2D eigenvalue weighted by Crippen LogP contribution is 2.37. The maximum Gasteiger partial charge on any atom is 0.187 e. The third kappa shape index (κ3) is 15.4. The van der Waals surface area contributed by atoms with Gasteiger partial charge in [-0.25, -0.2) is 0 Å². The molecule has 80 heavy (non-hydrogen) atoms. The number of hydrogen-bond acceptors (Lipinski definition) is 33. The van der Waals surface area contributed by atoms with Crippen LogP contribution in [0.3, 0.4) is 0 Å². The number of aliphatic hydroxyl groups excluding tert-OH is 17. The number of methoxy groups -OCH3 is 4. The monoisotopic (exact) mass is 1180 g/mol. The van der Waals surface area contributed by atoms with Crippen molar-refractivity contribution in [1.29, 1.82) is 0 Å². The summed E-state index contributed by atoms with van der Waals surface area (Å²) in [6, 6.07) is 0. The first-order valence-electron chi connectivity index (χ1n) is 26.2. The maximum absolute atomic E-state index is 12.0. The van der Waals surface area contributed by atoms with Crippen molar-refractivity contribution >= 4 is 0 Å². The van der Waals surface area contributed by atoms with E-state index in [4.69, 9.17) is 75.8 Å². The fourth-order valence-electron chi connectivity index (χ4n) is 10.8. The van der Waals surface area contributed by atoms with Gasteiger partial charge in [0.1, 0.15) is 128 Å². The van der Waals surface area contributed by atoms with Gasteiger partial charge in [0.15, 0.2) is 37.7 Å². The summed E-state index contributed by atoms with van der Waals surface area (Å²) in [6.07, 6.45) is -49.2. The van der Waals surface area contributed by atoms with E-state index in [1.54, 1.807) is 0 Å². The number of aliphatic hydroxyl groups is 17. The lowest BCUT2D eigenvalue weighted by atomic mass is 9.85. The minimum absolute atomic E-state index is 0.277. The van der Waals surface area contributed by atoms with Gasteiger partial charge in [0.25, 0.3) is 0 Å². The van der Waals surface area contributed by atoms with Gasteiger partial charge in [-0.1, -0.05) is 0 Å². The van der Waals surface area contributed by atoms with Crippen LogP contribution in [0, 0.1) is 5.92 Å². The van der Waals surface area contributed by atoms with Gasteiger partial charge in [0, 0.05) is 40.8 Å². The Morgan fingerprint density at radius 1 is 0.388 bits per heavy atom. The zero-order valence-corrected chi connectivity index (χ0v) is 44.7. The Hall–Kier alpha value is -1.32. The Balaban J connectivity index is 1.20. The van der Waals surface area contributed by atoms with Crippen LogP contribution < -0.4 is 0 Å². The van der Waals surface area contributed by atoms with Crippen LogP contribution >= 0.6 is 0 Å². The molecular weight excluding hydrogens is 1090 g/mol. The maximum atomic E-state index is 12.0. The van der Waals surface area contributed by atoms with Crippen molar-refractivity contribution in [3.05, 3.63) is 0 Å². The van der Waals surface area contributed by atoms with Crippen molar-refractivity contribution in [3.8, 4) is 0 Å². The molecule has 6 fully saturated rings. The number of hydrogen-bond donors (Lipinski definition) is 17. The lowest BCUT2D eigenvalue weighted by molar-refractivity contribution is -0.382. The molecule has 32 unspecified atom stereocenters. The molecule has 6 aliphatic rings. The topological polar surface area (TPSA) is 492 Å². The third-order valence-corrected chi connectivity index (χ3v) is 15.2. The van der Waals surface area contributed by atoms with E-state index in [0.717, 1.165) is 0 Å². The van der Waals surface area contributed by atoms with Crippen molar-refractivity contribution in [2.45, 2.75) is 210 Å². The van der Waals surface area contributed by atoms with Crippen molar-refractivity contribution < 1.29 is 163 Å². The van der Waals surface area contributed by atoms with Crippen LogP contribution in [0.15, 0.2) is 0 Å². The Kier molecular flexibility index (Phi) is 26.6. The SMILES string of the molecule is COC1OC(CO)C(CC(O)COC2C(C)OC(CO)C(OC3OC(COC4OC(CO)C(OC)C(O)C4O)C(OC4OC(CO)C(OC)C(O)C4OCCC(O)OC4C(CO)OC(OC)C(O)C4O)C(O)C3O)C2O)C(O)C1O. The summed E-state index contributed by atoms with van der Waals surface area (Å²) >= 11 is 0. The van der Waals surface area contributed by atoms with Gasteiger partial charge < -0.3 is 163 Å². The second-order valence-corrected chi connectivity index (χ2v) is 20.4. The van der Waals surface area contributed by atoms with E-state index >= 15 is 0 Å². The first-order chi connectivity index (χ1) is 38.2. The van der Waals surface area contributed by atoms with Crippen LogP contribution in [0.25, 0.3) is 0 Å². The summed E-state index contributed by atoms with van der Waals surface area (Å²) in [7, 11) is 4.82. The molecule has 0 amide bonds. The van der Waals surface area contributed by atoms with Gasteiger partial charge >= 0.3 is 0 Å². The Morgan fingerprint density at radius 2 is 0.825 bits per heavy atom. The van der Waals surface area contributed by atoms with Crippen LogP contribution in [0.5, 0.6) is 0 Å². The molecule has 6 saturated heterocycles. The van der Waals surface area contributed by atoms with E-state index in [-0.39, 0.29) is 6.42 Å². The lowest BCUT2D eigenvalue weighted by Crippen LogP contribution is -2.67. The van der Waals surface area contributed by atoms with Gasteiger partial charge in [-0.2, -0.15) is 0 Å². The summed E-state index contributed by atoms with van der Waals surface area (Å²) in [5, 5.41) is 184. The molecule has 0 aromatic rings. The van der Waals surface area contributed by atoms with E-state index in [9.17, 15) is 86.8 Å². The molecule has 0 aromatic carbocycles. The highest BCUT2D eigenvalue weighted by molar-refractivity contribution is 4.99. The number of rotatable bonds is 27. The van der Waals surface area contributed by atoms with Crippen molar-refractivity contribution in [2.75, 3.05) is 81.3 Å². The van der Waals surface area contributed by atoms with Crippen LogP contribution in [0.2, 0.25) is 0 Å². The van der Waals surface area contributed by atoms with Gasteiger partial charge in [-0.3, -0.25) is 0 Å². The Bertz CT molecular complexity index is 1760. The van der Waals surface area contributed by atoms with E-state index < -0.39 is 256 Å². The van der Waals surface area contributed by atoms with E-state index in [0.29, 0.717) is 0 Å². The Morgan fingerprint density at radius 3 is 1.41 bits per heavy atom.